The Bertz CT molecular complexity index is 762. The van der Waals surface area contributed by atoms with E-state index in [1.165, 1.54) is 12.1 Å². The Labute approximate surface area is 133 Å². The fourth-order valence-electron chi connectivity index (χ4n) is 2.75. The van der Waals surface area contributed by atoms with Gasteiger partial charge in [-0.05, 0) is 24.6 Å². The molecule has 1 fully saturated rings. The molecule has 0 aliphatic carbocycles. The fourth-order valence-corrected chi connectivity index (χ4v) is 2.75. The van der Waals surface area contributed by atoms with Gasteiger partial charge in [0.15, 0.2) is 0 Å². The van der Waals surface area contributed by atoms with Crippen LogP contribution in [0.15, 0.2) is 30.3 Å². The van der Waals surface area contributed by atoms with Crippen molar-refractivity contribution in [2.45, 2.75) is 12.8 Å². The Kier molecular flexibility index (Phi) is 4.10. The highest BCUT2D eigenvalue weighted by Gasteiger charge is 2.20. The molecule has 1 amide bonds. The molecule has 1 aliphatic heterocycles. The van der Waals surface area contributed by atoms with E-state index in [4.69, 9.17) is 0 Å². The van der Waals surface area contributed by atoms with E-state index in [1.807, 2.05) is 29.0 Å². The van der Waals surface area contributed by atoms with Crippen LogP contribution in [0.3, 0.4) is 0 Å². The van der Waals surface area contributed by atoms with E-state index in [2.05, 4.69) is 4.98 Å². The Hall–Kier alpha value is -2.70. The Morgan fingerprint density at radius 3 is 2.87 bits per heavy atom. The van der Waals surface area contributed by atoms with Crippen molar-refractivity contribution < 1.29 is 9.72 Å². The van der Waals surface area contributed by atoms with E-state index in [0.29, 0.717) is 19.5 Å². The number of non-ortho nitro benzene ring substituents is 1. The third-order valence-electron chi connectivity index (χ3n) is 4.14. The molecule has 0 saturated carbocycles. The molecule has 0 radical (unpaired) electrons. The first-order valence-electron chi connectivity index (χ1n) is 7.59. The van der Waals surface area contributed by atoms with Crippen molar-refractivity contribution in [3.63, 3.8) is 0 Å². The number of aromatic nitrogens is 1. The number of hydrogen-bond donors (Lipinski definition) is 0. The smallest absolute Gasteiger partial charge is 0.270 e. The van der Waals surface area contributed by atoms with Crippen molar-refractivity contribution in [3.8, 4) is 0 Å². The van der Waals surface area contributed by atoms with E-state index in [0.717, 1.165) is 29.7 Å². The van der Waals surface area contributed by atoms with E-state index in [1.54, 1.807) is 6.07 Å². The summed E-state index contributed by atoms with van der Waals surface area (Å²) in [6, 6.07) is 8.33. The van der Waals surface area contributed by atoms with E-state index >= 15 is 0 Å². The number of benzene rings is 1. The number of pyridine rings is 1. The van der Waals surface area contributed by atoms with E-state index < -0.39 is 4.92 Å². The lowest BCUT2D eigenvalue weighted by molar-refractivity contribution is -0.384. The molecule has 1 aromatic heterocycles. The highest BCUT2D eigenvalue weighted by atomic mass is 16.6. The van der Waals surface area contributed by atoms with Crippen LogP contribution in [0.25, 0.3) is 10.9 Å². The topological polar surface area (TPSA) is 79.6 Å². The fraction of sp³-hybridized carbons (Fsp3) is 0.375. The van der Waals surface area contributed by atoms with Crippen LogP contribution in [0.1, 0.15) is 12.8 Å². The highest BCUT2D eigenvalue weighted by Crippen LogP contribution is 2.22. The molecule has 7 nitrogen and oxygen atoms in total. The molecule has 1 saturated heterocycles. The number of anilines is 1. The van der Waals surface area contributed by atoms with Gasteiger partial charge in [-0.15, -0.1) is 0 Å². The largest absolute Gasteiger partial charge is 0.358 e. The molecule has 0 unspecified atom stereocenters. The minimum absolute atomic E-state index is 0.0629. The molecule has 1 aromatic carbocycles. The van der Waals surface area contributed by atoms with Gasteiger partial charge >= 0.3 is 0 Å². The van der Waals surface area contributed by atoms with Crippen molar-refractivity contribution in [1.82, 2.24) is 9.88 Å². The minimum Gasteiger partial charge on any atom is -0.358 e. The van der Waals surface area contributed by atoms with Crippen LogP contribution in [0.5, 0.6) is 0 Å². The lowest BCUT2D eigenvalue weighted by Gasteiger charge is -2.22. The van der Waals surface area contributed by atoms with Crippen LogP contribution in [-0.2, 0) is 4.79 Å². The summed E-state index contributed by atoms with van der Waals surface area (Å²) in [5, 5.41) is 11.5. The van der Waals surface area contributed by atoms with Gasteiger partial charge < -0.3 is 9.80 Å². The first kappa shape index (κ1) is 15.2. The number of nitrogens with zero attached hydrogens (tertiary/aromatic N) is 4. The van der Waals surface area contributed by atoms with Crippen LogP contribution in [0.2, 0.25) is 0 Å². The molecule has 0 N–H and O–H groups in total. The van der Waals surface area contributed by atoms with Gasteiger partial charge in [0.1, 0.15) is 5.82 Å². The number of amides is 1. The third-order valence-corrected chi connectivity index (χ3v) is 4.14. The minimum atomic E-state index is -0.410. The molecule has 0 atom stereocenters. The molecule has 2 aromatic rings. The van der Waals surface area contributed by atoms with Crippen LogP contribution >= 0.6 is 0 Å². The van der Waals surface area contributed by atoms with Gasteiger partial charge in [0.2, 0.25) is 5.91 Å². The molecular formula is C16H18N4O3. The number of nitro groups is 1. The molecular weight excluding hydrogens is 296 g/mol. The average Bonchev–Trinajstić information content (AvgIpc) is 2.96. The van der Waals surface area contributed by atoms with Crippen LogP contribution < -0.4 is 4.90 Å². The molecule has 1 aliphatic rings. The van der Waals surface area contributed by atoms with Gasteiger partial charge in [0.25, 0.3) is 5.69 Å². The molecule has 0 bridgehead atoms. The summed E-state index contributed by atoms with van der Waals surface area (Å²) in [6.45, 7) is 2.23. The predicted molar refractivity (Wildman–Crippen MR) is 87.5 cm³/mol. The van der Waals surface area contributed by atoms with Crippen molar-refractivity contribution in [2.75, 3.05) is 31.6 Å². The number of nitro benzene ring substituents is 1. The van der Waals surface area contributed by atoms with Gasteiger partial charge in [-0.3, -0.25) is 14.9 Å². The second-order valence-electron chi connectivity index (χ2n) is 5.71. The summed E-state index contributed by atoms with van der Waals surface area (Å²) >= 11 is 0. The second-order valence-corrected chi connectivity index (χ2v) is 5.71. The SMILES string of the molecule is CN(CCN1CCCC1=O)c1ccc2cc([N+](=O)[O-])ccc2n1. The zero-order valence-corrected chi connectivity index (χ0v) is 12.9. The molecule has 23 heavy (non-hydrogen) atoms. The summed E-state index contributed by atoms with van der Waals surface area (Å²) in [5.41, 5.74) is 0.783. The van der Waals surface area contributed by atoms with Crippen molar-refractivity contribution in [1.29, 1.82) is 0 Å². The van der Waals surface area contributed by atoms with Crippen molar-refractivity contribution >= 4 is 28.3 Å². The average molecular weight is 314 g/mol. The first-order valence-corrected chi connectivity index (χ1v) is 7.59. The van der Waals surface area contributed by atoms with Gasteiger partial charge in [-0.25, -0.2) is 4.98 Å². The second kappa shape index (κ2) is 6.20. The first-order chi connectivity index (χ1) is 11.0. The third kappa shape index (κ3) is 3.23. The number of likely N-dealkylation sites (N-methyl/N-ethyl adjacent to an activating group) is 1. The molecule has 2 heterocycles. The van der Waals surface area contributed by atoms with E-state index in [9.17, 15) is 14.9 Å². The van der Waals surface area contributed by atoms with Crippen LogP contribution in [0.4, 0.5) is 11.5 Å². The lowest BCUT2D eigenvalue weighted by Crippen LogP contribution is -2.34. The maximum Gasteiger partial charge on any atom is 0.270 e. The number of likely N-dealkylation sites (tertiary alicyclic amines) is 1. The normalized spacial score (nSPS) is 14.5. The maximum atomic E-state index is 11.6. The van der Waals surface area contributed by atoms with Gasteiger partial charge in [-0.2, -0.15) is 0 Å². The summed E-state index contributed by atoms with van der Waals surface area (Å²) in [6.07, 6.45) is 1.59. The zero-order chi connectivity index (χ0) is 16.4. The number of hydrogen-bond acceptors (Lipinski definition) is 5. The number of fused-ring (bicyclic) bond motifs is 1. The van der Waals surface area contributed by atoms with Crippen molar-refractivity contribution in [2.24, 2.45) is 0 Å². The monoisotopic (exact) mass is 314 g/mol. The molecule has 3 rings (SSSR count). The lowest BCUT2D eigenvalue weighted by atomic mass is 10.2. The molecule has 120 valence electrons. The van der Waals surface area contributed by atoms with Gasteiger partial charge in [-0.1, -0.05) is 0 Å². The molecule has 7 heteroatoms. The number of carbonyl (C=O) groups is 1. The summed E-state index contributed by atoms with van der Waals surface area (Å²) in [4.78, 5) is 30.4. The Morgan fingerprint density at radius 2 is 2.17 bits per heavy atom. The standard InChI is InChI=1S/C16H18N4O3/c1-18(9-10-19-8-2-3-16(19)21)15-7-4-12-11-13(20(22)23)5-6-14(12)17-15/h4-7,11H,2-3,8-10H2,1H3. The Balaban J connectivity index is 1.73. The van der Waals surface area contributed by atoms with Crippen LogP contribution in [-0.4, -0.2) is 47.4 Å². The summed E-state index contributed by atoms with van der Waals surface area (Å²) in [7, 11) is 1.93. The maximum absolute atomic E-state index is 11.6. The predicted octanol–water partition coefficient (Wildman–Crippen LogP) is 2.20. The number of rotatable bonds is 5. The Morgan fingerprint density at radius 1 is 1.35 bits per heavy atom. The number of carbonyl (C=O) groups excluding carboxylic acids is 1. The van der Waals surface area contributed by atoms with E-state index in [-0.39, 0.29) is 11.6 Å². The quantitative estimate of drug-likeness (QED) is 0.624. The zero-order valence-electron chi connectivity index (χ0n) is 12.9. The molecule has 0 spiro atoms. The van der Waals surface area contributed by atoms with Gasteiger partial charge in [0.05, 0.1) is 10.4 Å². The summed E-state index contributed by atoms with van der Waals surface area (Å²) in [5.74, 6) is 1.01. The van der Waals surface area contributed by atoms with Crippen molar-refractivity contribution in [3.05, 3.63) is 40.4 Å². The highest BCUT2D eigenvalue weighted by molar-refractivity contribution is 5.82. The summed E-state index contributed by atoms with van der Waals surface area (Å²) < 4.78 is 0. The van der Waals surface area contributed by atoms with Crippen LogP contribution in [0, 0.1) is 10.1 Å². The van der Waals surface area contributed by atoms with Gasteiger partial charge in [0, 0.05) is 50.6 Å².